The standard InChI is InChI=1S/C23H22N4O/c1-18-8-2-3-11-21(18)28-23-19(9-6-14-26-23)16-24-17-20-10-7-15-27(20)22-12-4-5-13-25-22/h2-15,24H,16-17H2,1H3. The Morgan fingerprint density at radius 2 is 1.71 bits per heavy atom. The minimum absolute atomic E-state index is 0.629. The molecule has 1 N–H and O–H groups in total. The smallest absolute Gasteiger partial charge is 0.223 e. The lowest BCUT2D eigenvalue weighted by atomic mass is 10.2. The van der Waals surface area contributed by atoms with Gasteiger partial charge >= 0.3 is 0 Å². The number of nitrogens with zero attached hydrogens (tertiary/aromatic N) is 3. The van der Waals surface area contributed by atoms with E-state index in [0.717, 1.165) is 28.4 Å². The summed E-state index contributed by atoms with van der Waals surface area (Å²) in [6.45, 7) is 3.40. The zero-order valence-corrected chi connectivity index (χ0v) is 15.7. The second-order valence-corrected chi connectivity index (χ2v) is 6.50. The third kappa shape index (κ3) is 4.10. The Bertz CT molecular complexity index is 1040. The Morgan fingerprint density at radius 3 is 2.57 bits per heavy atom. The van der Waals surface area contributed by atoms with Crippen molar-refractivity contribution in [3.05, 3.63) is 102 Å². The summed E-state index contributed by atoms with van der Waals surface area (Å²) in [7, 11) is 0. The number of benzene rings is 1. The van der Waals surface area contributed by atoms with Gasteiger partial charge < -0.3 is 14.6 Å². The Morgan fingerprint density at radius 1 is 0.857 bits per heavy atom. The van der Waals surface area contributed by atoms with Crippen LogP contribution in [0.15, 0.2) is 85.3 Å². The van der Waals surface area contributed by atoms with Gasteiger partial charge in [-0.25, -0.2) is 9.97 Å². The van der Waals surface area contributed by atoms with Gasteiger partial charge in [-0.3, -0.25) is 0 Å². The summed E-state index contributed by atoms with van der Waals surface area (Å²) >= 11 is 0. The van der Waals surface area contributed by atoms with Crippen molar-refractivity contribution in [2.45, 2.75) is 20.0 Å². The lowest BCUT2D eigenvalue weighted by molar-refractivity contribution is 0.449. The predicted octanol–water partition coefficient (Wildman–Crippen LogP) is 4.66. The van der Waals surface area contributed by atoms with E-state index in [-0.39, 0.29) is 0 Å². The monoisotopic (exact) mass is 370 g/mol. The first-order chi connectivity index (χ1) is 13.8. The molecule has 0 radical (unpaired) electrons. The first-order valence-electron chi connectivity index (χ1n) is 9.27. The van der Waals surface area contributed by atoms with Crippen LogP contribution in [0.3, 0.4) is 0 Å². The molecule has 4 rings (SSSR count). The van der Waals surface area contributed by atoms with E-state index in [4.69, 9.17) is 4.74 Å². The average Bonchev–Trinajstić information content (AvgIpc) is 3.20. The second-order valence-electron chi connectivity index (χ2n) is 6.50. The molecule has 28 heavy (non-hydrogen) atoms. The van der Waals surface area contributed by atoms with Crippen molar-refractivity contribution in [1.29, 1.82) is 0 Å². The van der Waals surface area contributed by atoms with E-state index in [1.807, 2.05) is 73.8 Å². The summed E-state index contributed by atoms with van der Waals surface area (Å²) in [6, 6.07) is 22.0. The maximum Gasteiger partial charge on any atom is 0.223 e. The van der Waals surface area contributed by atoms with Crippen LogP contribution in [0.5, 0.6) is 11.6 Å². The SMILES string of the molecule is Cc1ccccc1Oc1ncccc1CNCc1cccn1-c1ccccn1. The molecule has 0 atom stereocenters. The van der Waals surface area contributed by atoms with Crippen molar-refractivity contribution in [1.82, 2.24) is 19.9 Å². The number of hydrogen-bond donors (Lipinski definition) is 1. The number of nitrogens with one attached hydrogen (secondary N) is 1. The first kappa shape index (κ1) is 17.9. The molecule has 0 unspecified atom stereocenters. The number of para-hydroxylation sites is 1. The molecule has 0 fully saturated rings. The number of hydrogen-bond acceptors (Lipinski definition) is 4. The zero-order valence-electron chi connectivity index (χ0n) is 15.7. The molecule has 0 amide bonds. The molecular weight excluding hydrogens is 348 g/mol. The first-order valence-corrected chi connectivity index (χ1v) is 9.27. The third-order valence-corrected chi connectivity index (χ3v) is 4.50. The van der Waals surface area contributed by atoms with E-state index in [1.165, 1.54) is 0 Å². The van der Waals surface area contributed by atoms with Gasteiger partial charge in [0.05, 0.1) is 0 Å². The number of aromatic nitrogens is 3. The average molecular weight is 370 g/mol. The lowest BCUT2D eigenvalue weighted by Gasteiger charge is -2.13. The Kier molecular flexibility index (Phi) is 5.45. The molecule has 3 heterocycles. The van der Waals surface area contributed by atoms with Gasteiger partial charge in [0.15, 0.2) is 0 Å². The third-order valence-electron chi connectivity index (χ3n) is 4.50. The van der Waals surface area contributed by atoms with Gasteiger partial charge in [-0.1, -0.05) is 30.3 Å². The van der Waals surface area contributed by atoms with E-state index >= 15 is 0 Å². The summed E-state index contributed by atoms with van der Waals surface area (Å²) in [5, 5.41) is 3.49. The largest absolute Gasteiger partial charge is 0.438 e. The van der Waals surface area contributed by atoms with Crippen molar-refractivity contribution in [2.24, 2.45) is 0 Å². The van der Waals surface area contributed by atoms with Gasteiger partial charge in [0.1, 0.15) is 11.6 Å². The van der Waals surface area contributed by atoms with Gasteiger partial charge in [-0.15, -0.1) is 0 Å². The predicted molar refractivity (Wildman–Crippen MR) is 110 cm³/mol. The normalized spacial score (nSPS) is 10.8. The molecule has 0 bridgehead atoms. The molecule has 0 spiro atoms. The van der Waals surface area contributed by atoms with Crippen LogP contribution in [-0.4, -0.2) is 14.5 Å². The molecule has 0 aliphatic rings. The quantitative estimate of drug-likeness (QED) is 0.514. The number of ether oxygens (including phenoxy) is 1. The second kappa shape index (κ2) is 8.50. The summed E-state index contributed by atoms with van der Waals surface area (Å²) in [6.07, 6.45) is 5.58. The molecule has 3 aromatic heterocycles. The highest BCUT2D eigenvalue weighted by Crippen LogP contribution is 2.25. The van der Waals surface area contributed by atoms with Crippen molar-refractivity contribution < 1.29 is 4.74 Å². The molecule has 0 saturated heterocycles. The molecule has 0 aliphatic carbocycles. The minimum atomic E-state index is 0.629. The number of rotatable bonds is 7. The van der Waals surface area contributed by atoms with Crippen LogP contribution in [-0.2, 0) is 13.1 Å². The van der Waals surface area contributed by atoms with Crippen molar-refractivity contribution >= 4 is 0 Å². The fourth-order valence-electron chi connectivity index (χ4n) is 3.03. The van der Waals surface area contributed by atoms with E-state index in [9.17, 15) is 0 Å². The molecule has 140 valence electrons. The maximum atomic E-state index is 6.05. The minimum Gasteiger partial charge on any atom is -0.438 e. The van der Waals surface area contributed by atoms with Crippen LogP contribution >= 0.6 is 0 Å². The van der Waals surface area contributed by atoms with Gasteiger partial charge in [-0.2, -0.15) is 0 Å². The number of aryl methyl sites for hydroxylation is 1. The van der Waals surface area contributed by atoms with Crippen LogP contribution in [0.25, 0.3) is 5.82 Å². The molecule has 1 aromatic carbocycles. The zero-order chi connectivity index (χ0) is 19.2. The maximum absolute atomic E-state index is 6.05. The highest BCUT2D eigenvalue weighted by Gasteiger charge is 2.09. The summed E-state index contributed by atoms with van der Waals surface area (Å²) in [5.74, 6) is 2.37. The number of pyridine rings is 2. The summed E-state index contributed by atoms with van der Waals surface area (Å²) in [5.41, 5.74) is 3.24. The Labute approximate surface area is 164 Å². The van der Waals surface area contributed by atoms with Gasteiger partial charge in [-0.05, 0) is 48.9 Å². The topological polar surface area (TPSA) is 52.0 Å². The van der Waals surface area contributed by atoms with E-state index in [2.05, 4.69) is 25.9 Å². The van der Waals surface area contributed by atoms with Crippen LogP contribution in [0.4, 0.5) is 0 Å². The van der Waals surface area contributed by atoms with E-state index in [0.29, 0.717) is 19.0 Å². The van der Waals surface area contributed by atoms with Gasteiger partial charge in [0, 0.05) is 42.9 Å². The molecule has 0 aliphatic heterocycles. The molecule has 5 heteroatoms. The molecular formula is C23H22N4O. The summed E-state index contributed by atoms with van der Waals surface area (Å²) in [4.78, 5) is 8.84. The van der Waals surface area contributed by atoms with Crippen LogP contribution in [0, 0.1) is 6.92 Å². The lowest BCUT2D eigenvalue weighted by Crippen LogP contribution is -2.16. The van der Waals surface area contributed by atoms with Crippen molar-refractivity contribution in [2.75, 3.05) is 0 Å². The fraction of sp³-hybridized carbons (Fsp3) is 0.130. The molecule has 5 nitrogen and oxygen atoms in total. The van der Waals surface area contributed by atoms with Gasteiger partial charge in [0.2, 0.25) is 5.88 Å². The van der Waals surface area contributed by atoms with Crippen molar-refractivity contribution in [3.8, 4) is 17.4 Å². The van der Waals surface area contributed by atoms with Crippen LogP contribution in [0.2, 0.25) is 0 Å². The van der Waals surface area contributed by atoms with Crippen molar-refractivity contribution in [3.63, 3.8) is 0 Å². The van der Waals surface area contributed by atoms with E-state index < -0.39 is 0 Å². The highest BCUT2D eigenvalue weighted by molar-refractivity contribution is 5.37. The fourth-order valence-corrected chi connectivity index (χ4v) is 3.03. The Hall–Kier alpha value is -3.44. The molecule has 0 saturated carbocycles. The summed E-state index contributed by atoms with van der Waals surface area (Å²) < 4.78 is 8.14. The molecule has 4 aromatic rings. The van der Waals surface area contributed by atoms with Crippen LogP contribution < -0.4 is 10.1 Å². The van der Waals surface area contributed by atoms with Crippen LogP contribution in [0.1, 0.15) is 16.8 Å². The highest BCUT2D eigenvalue weighted by atomic mass is 16.5. The van der Waals surface area contributed by atoms with E-state index in [1.54, 1.807) is 12.4 Å². The Balaban J connectivity index is 1.44. The van der Waals surface area contributed by atoms with Gasteiger partial charge in [0.25, 0.3) is 0 Å².